The first-order valence-corrected chi connectivity index (χ1v) is 20.9. The maximum atomic E-state index is 14.5. The predicted octanol–water partition coefficient (Wildman–Crippen LogP) is 15.7. The first-order chi connectivity index (χ1) is 27.0. The zero-order valence-electron chi connectivity index (χ0n) is 36.5. The molecule has 1 saturated carbocycles. The van der Waals surface area contributed by atoms with Gasteiger partial charge in [-0.05, 0) is 105 Å². The predicted molar refractivity (Wildman–Crippen MR) is 230 cm³/mol. The Bertz CT molecular complexity index is 2380. The zero-order chi connectivity index (χ0) is 44.2. The van der Waals surface area contributed by atoms with E-state index in [1.807, 2.05) is 25.1 Å². The van der Waals surface area contributed by atoms with Crippen molar-refractivity contribution in [2.45, 2.75) is 132 Å². The molecule has 3 aromatic carbocycles. The number of pyridine rings is 1. The van der Waals surface area contributed by atoms with Crippen LogP contribution in [0.25, 0.3) is 42.6 Å². The van der Waals surface area contributed by atoms with Gasteiger partial charge in [-0.15, -0.1) is 40.5 Å². The molecule has 1 N–H and O–H groups in total. The minimum absolute atomic E-state index is 0. The number of halogens is 6. The van der Waals surface area contributed by atoms with Gasteiger partial charge in [0.25, 0.3) is 0 Å². The van der Waals surface area contributed by atoms with Crippen molar-refractivity contribution in [1.82, 2.24) is 4.98 Å². The third kappa shape index (κ3) is 10.2. The molecular formula is C49H56F6IrNO2S-. The van der Waals surface area contributed by atoms with Crippen molar-refractivity contribution in [1.29, 1.82) is 0 Å². The first-order valence-electron chi connectivity index (χ1n) is 20.1. The number of alkyl halides is 6. The summed E-state index contributed by atoms with van der Waals surface area (Å²) < 4.78 is 81.3. The Morgan fingerprint density at radius 2 is 1.48 bits per heavy atom. The van der Waals surface area contributed by atoms with E-state index in [1.54, 1.807) is 13.8 Å². The summed E-state index contributed by atoms with van der Waals surface area (Å²) in [5.41, 5.74) is 4.80. The van der Waals surface area contributed by atoms with Crippen LogP contribution in [0.15, 0.2) is 60.5 Å². The molecule has 60 heavy (non-hydrogen) atoms. The summed E-state index contributed by atoms with van der Waals surface area (Å²) in [6.07, 6.45) is -2.67. The van der Waals surface area contributed by atoms with Gasteiger partial charge in [-0.1, -0.05) is 89.7 Å². The Morgan fingerprint density at radius 3 is 2.00 bits per heavy atom. The molecule has 0 aliphatic heterocycles. The third-order valence-corrected chi connectivity index (χ3v) is 13.2. The minimum atomic E-state index is -4.61. The fourth-order valence-electron chi connectivity index (χ4n) is 7.83. The maximum absolute atomic E-state index is 14.5. The Hall–Kier alpha value is -3.53. The molecule has 1 aliphatic carbocycles. The van der Waals surface area contributed by atoms with E-state index < -0.39 is 29.1 Å². The summed E-state index contributed by atoms with van der Waals surface area (Å²) in [4.78, 5) is 16.7. The van der Waals surface area contributed by atoms with E-state index in [0.29, 0.717) is 33.4 Å². The standard InChI is InChI=1S/C39H41F3NS.C10H15F3O2.Ir/c1-22-17-27(25-13-15-38(7,8)16-14-25)18-23(2)32(22)35-24(3)33-31(39(40,41)42)21-43-34(36(33)44-35)28-19-26-11-9-10-12-29(26)30(20-28)37(4,5)6;1-6(2)7(14)5-8(15)9(3,4)10(11,12)13;/h9-12,17-18,20-21,25H,13-16H2,1-8H3;5-6,14H,1-4H3;/q-1;;/b;7-5-;. The number of thiophene rings is 1. The van der Waals surface area contributed by atoms with Crippen molar-refractivity contribution in [2.24, 2.45) is 16.7 Å². The number of hydrogen-bond donors (Lipinski definition) is 1. The number of carbonyl (C=O) groups is 1. The van der Waals surface area contributed by atoms with E-state index in [9.17, 15) is 36.2 Å². The van der Waals surface area contributed by atoms with Gasteiger partial charge < -0.3 is 5.11 Å². The van der Waals surface area contributed by atoms with E-state index in [-0.39, 0.29) is 42.6 Å². The number of aryl methyl sites for hydroxylation is 3. The smallest absolute Gasteiger partial charge is 0.418 e. The first kappa shape index (κ1) is 49.1. The molecule has 3 nitrogen and oxygen atoms in total. The quantitative estimate of drug-likeness (QED) is 0.0798. The van der Waals surface area contributed by atoms with Crippen LogP contribution in [0, 0.1) is 43.6 Å². The summed E-state index contributed by atoms with van der Waals surface area (Å²) >= 11 is 1.43. The van der Waals surface area contributed by atoms with Crippen LogP contribution in [-0.2, 0) is 36.5 Å². The van der Waals surface area contributed by atoms with Crippen molar-refractivity contribution < 1.29 is 56.3 Å². The molecular weight excluding hydrogens is 973 g/mol. The molecule has 6 rings (SSSR count). The summed E-state index contributed by atoms with van der Waals surface area (Å²) in [6, 6.07) is 18.2. The molecule has 2 aromatic heterocycles. The number of nitrogens with zero attached hydrogens (tertiary/aromatic N) is 1. The Morgan fingerprint density at radius 1 is 0.917 bits per heavy atom. The van der Waals surface area contributed by atoms with E-state index in [4.69, 9.17) is 0 Å². The number of aliphatic hydroxyl groups is 1. The van der Waals surface area contributed by atoms with Crippen molar-refractivity contribution >= 4 is 38.0 Å². The van der Waals surface area contributed by atoms with Crippen LogP contribution in [0.4, 0.5) is 26.3 Å². The topological polar surface area (TPSA) is 50.2 Å². The molecule has 0 spiro atoms. The molecule has 5 aromatic rings. The number of allylic oxidation sites excluding steroid dienone is 2. The van der Waals surface area contributed by atoms with Gasteiger partial charge in [0.2, 0.25) is 0 Å². The van der Waals surface area contributed by atoms with Crippen molar-refractivity contribution in [2.75, 3.05) is 0 Å². The summed E-state index contributed by atoms with van der Waals surface area (Å²) in [6.45, 7) is 22.0. The molecule has 0 amide bonds. The van der Waals surface area contributed by atoms with Gasteiger partial charge in [0, 0.05) is 59.0 Å². The van der Waals surface area contributed by atoms with Crippen LogP contribution in [0.5, 0.6) is 0 Å². The van der Waals surface area contributed by atoms with Crippen LogP contribution in [0.3, 0.4) is 0 Å². The Kier molecular flexibility index (Phi) is 14.5. The van der Waals surface area contributed by atoms with Crippen LogP contribution in [-0.4, -0.2) is 22.1 Å². The second-order valence-corrected chi connectivity index (χ2v) is 19.9. The summed E-state index contributed by atoms with van der Waals surface area (Å²) in [5.74, 6) is -1.30. The van der Waals surface area contributed by atoms with Gasteiger partial charge in [-0.2, -0.15) is 26.3 Å². The number of carbonyl (C=O) groups excluding carboxylic acids is 1. The van der Waals surface area contributed by atoms with Crippen LogP contribution < -0.4 is 0 Å². The van der Waals surface area contributed by atoms with E-state index >= 15 is 0 Å². The molecule has 2 heterocycles. The number of benzene rings is 3. The maximum Gasteiger partial charge on any atom is 0.418 e. The van der Waals surface area contributed by atoms with Crippen LogP contribution in [0.2, 0.25) is 0 Å². The summed E-state index contributed by atoms with van der Waals surface area (Å²) in [5, 5.41) is 11.5. The minimum Gasteiger partial charge on any atom is -0.512 e. The molecule has 0 saturated heterocycles. The van der Waals surface area contributed by atoms with Gasteiger partial charge in [-0.3, -0.25) is 9.78 Å². The van der Waals surface area contributed by atoms with Gasteiger partial charge in [-0.25, -0.2) is 0 Å². The molecule has 1 radical (unpaired) electrons. The van der Waals surface area contributed by atoms with Gasteiger partial charge in [0.05, 0.1) is 11.3 Å². The fraction of sp³-hybridized carbons (Fsp3) is 0.469. The third-order valence-electron chi connectivity index (χ3n) is 11.9. The second kappa shape index (κ2) is 17.7. The van der Waals surface area contributed by atoms with E-state index in [1.165, 1.54) is 42.6 Å². The average molecular weight is 1030 g/mol. The Balaban J connectivity index is 0.000000425. The molecule has 327 valence electrons. The van der Waals surface area contributed by atoms with Gasteiger partial charge in [0.1, 0.15) is 5.41 Å². The monoisotopic (exact) mass is 1030 g/mol. The number of fused-ring (bicyclic) bond motifs is 2. The fourth-order valence-corrected chi connectivity index (χ4v) is 9.33. The van der Waals surface area contributed by atoms with Crippen LogP contribution >= 0.6 is 11.3 Å². The van der Waals surface area contributed by atoms with Crippen molar-refractivity contribution in [3.8, 4) is 21.7 Å². The van der Waals surface area contributed by atoms with Crippen molar-refractivity contribution in [3.05, 3.63) is 99.9 Å². The largest absolute Gasteiger partial charge is 0.512 e. The van der Waals surface area contributed by atoms with Crippen molar-refractivity contribution in [3.63, 3.8) is 0 Å². The summed E-state index contributed by atoms with van der Waals surface area (Å²) in [7, 11) is 0. The van der Waals surface area contributed by atoms with Gasteiger partial charge in [0.15, 0.2) is 5.78 Å². The number of hydrogen-bond acceptors (Lipinski definition) is 4. The van der Waals surface area contributed by atoms with E-state index in [0.717, 1.165) is 63.5 Å². The molecule has 0 unspecified atom stereocenters. The van der Waals surface area contributed by atoms with Gasteiger partial charge >= 0.3 is 12.4 Å². The zero-order valence-corrected chi connectivity index (χ0v) is 39.7. The number of ketones is 1. The normalized spacial score (nSPS) is 15.6. The van der Waals surface area contributed by atoms with E-state index in [2.05, 4.69) is 83.8 Å². The molecule has 11 heteroatoms. The second-order valence-electron chi connectivity index (χ2n) is 18.8. The molecule has 0 atom stereocenters. The number of aromatic nitrogens is 1. The average Bonchev–Trinajstić information content (AvgIpc) is 3.45. The SMILES string of the molecule is CC(C)/C(O)=C/C(=O)C(C)(C)C(F)(F)F.Cc1cc(C2CCC(C)(C)CC2)cc(C)c1-c1sc2c(-c3[c-]c4ccccc4c(C(C)(C)C)c3)ncc(C(F)(F)F)c2c1C.[Ir]. The van der Waals surface area contributed by atoms with Crippen LogP contribution in [0.1, 0.15) is 127 Å². The number of rotatable bonds is 6. The molecule has 0 bridgehead atoms. The number of aliphatic hydroxyl groups excluding tert-OH is 1. The Labute approximate surface area is 368 Å². The molecule has 1 aliphatic rings. The molecule has 1 fully saturated rings.